The Bertz CT molecular complexity index is 769. The molecule has 3 atom stereocenters. The average Bonchev–Trinajstić information content (AvgIpc) is 2.76. The first-order valence-electron chi connectivity index (χ1n) is 11.4. The number of carbonyl (C=O) groups excluding carboxylic acids is 3. The summed E-state index contributed by atoms with van der Waals surface area (Å²) in [5, 5.41) is 8.64. The van der Waals surface area contributed by atoms with E-state index in [2.05, 4.69) is 16.0 Å². The largest absolute Gasteiger partial charge is 0.445 e. The van der Waals surface area contributed by atoms with Crippen molar-refractivity contribution in [3.8, 4) is 0 Å². The van der Waals surface area contributed by atoms with Crippen LogP contribution in [0.1, 0.15) is 58.4 Å². The quantitative estimate of drug-likeness (QED) is 0.495. The molecule has 2 rings (SSSR count). The molecule has 8 nitrogen and oxygen atoms in total. The van der Waals surface area contributed by atoms with Gasteiger partial charge in [0.1, 0.15) is 18.2 Å². The third kappa shape index (κ3) is 10.4. The summed E-state index contributed by atoms with van der Waals surface area (Å²) in [4.78, 5) is 37.6. The minimum absolute atomic E-state index is 0.187. The zero-order valence-corrected chi connectivity index (χ0v) is 20.8. The molecule has 0 aliphatic heterocycles. The topological polar surface area (TPSA) is 106 Å². The van der Waals surface area contributed by atoms with Gasteiger partial charge in [-0.3, -0.25) is 4.79 Å². The summed E-state index contributed by atoms with van der Waals surface area (Å²) >= 11 is 1.60. The molecule has 3 unspecified atom stereocenters. The lowest BCUT2D eigenvalue weighted by atomic mass is 9.90. The molecule has 1 aromatic carbocycles. The second-order valence-electron chi connectivity index (χ2n) is 9.19. The van der Waals surface area contributed by atoms with Gasteiger partial charge in [0.2, 0.25) is 5.91 Å². The summed E-state index contributed by atoms with van der Waals surface area (Å²) in [5.74, 6) is 0.442. The minimum atomic E-state index is -0.708. The molecule has 0 spiro atoms. The summed E-state index contributed by atoms with van der Waals surface area (Å²) in [6.45, 7) is 5.52. The Kier molecular flexibility index (Phi) is 10.8. The fourth-order valence-electron chi connectivity index (χ4n) is 3.63. The predicted octanol–water partition coefficient (Wildman–Crippen LogP) is 3.99. The Hall–Kier alpha value is -2.42. The number of hydrogen-bond acceptors (Lipinski definition) is 6. The summed E-state index contributed by atoms with van der Waals surface area (Å²) in [5.41, 5.74) is 0.259. The van der Waals surface area contributed by atoms with Crippen LogP contribution >= 0.6 is 11.8 Å². The Morgan fingerprint density at radius 2 is 1.67 bits per heavy atom. The number of nitrogens with one attached hydrogen (secondary N) is 3. The molecule has 184 valence electrons. The van der Waals surface area contributed by atoms with Gasteiger partial charge >= 0.3 is 12.2 Å². The Morgan fingerprint density at radius 1 is 1.03 bits per heavy atom. The first-order chi connectivity index (χ1) is 15.7. The summed E-state index contributed by atoms with van der Waals surface area (Å²) in [7, 11) is 0. The molecule has 0 saturated heterocycles. The summed E-state index contributed by atoms with van der Waals surface area (Å²) in [6.07, 6.45) is 4.72. The van der Waals surface area contributed by atoms with Gasteiger partial charge in [0.25, 0.3) is 0 Å². The van der Waals surface area contributed by atoms with Gasteiger partial charge in [0.05, 0.1) is 6.04 Å². The van der Waals surface area contributed by atoms with Crippen LogP contribution in [0, 0.1) is 0 Å². The molecule has 0 radical (unpaired) electrons. The lowest BCUT2D eigenvalue weighted by Crippen LogP contribution is -2.57. The van der Waals surface area contributed by atoms with E-state index in [9.17, 15) is 14.4 Å². The van der Waals surface area contributed by atoms with E-state index >= 15 is 0 Å². The molecular formula is C24H37N3O5S. The van der Waals surface area contributed by atoms with Crippen molar-refractivity contribution in [1.29, 1.82) is 0 Å². The second-order valence-corrected chi connectivity index (χ2v) is 10.2. The number of hydrogen-bond donors (Lipinski definition) is 3. The lowest BCUT2D eigenvalue weighted by Gasteiger charge is -2.33. The van der Waals surface area contributed by atoms with Crippen LogP contribution in [-0.4, -0.2) is 53.8 Å². The zero-order valence-electron chi connectivity index (χ0n) is 20.0. The highest BCUT2D eigenvalue weighted by Gasteiger charge is 2.31. The number of ether oxygens (including phenoxy) is 2. The zero-order chi connectivity index (χ0) is 24.3. The maximum Gasteiger partial charge on any atom is 0.408 e. The first-order valence-corrected chi connectivity index (χ1v) is 12.8. The van der Waals surface area contributed by atoms with Crippen molar-refractivity contribution >= 4 is 29.9 Å². The highest BCUT2D eigenvalue weighted by molar-refractivity contribution is 7.98. The van der Waals surface area contributed by atoms with Gasteiger partial charge in [0, 0.05) is 6.04 Å². The molecule has 0 aromatic heterocycles. The van der Waals surface area contributed by atoms with Crippen molar-refractivity contribution in [3.63, 3.8) is 0 Å². The second kappa shape index (κ2) is 13.3. The molecule has 0 heterocycles. The SMILES string of the molecule is CSCCC(NC(=O)OC(C)(C)C)C(=O)NC1CCCCC1NC(=O)OCc1ccccc1. The number of amides is 3. The van der Waals surface area contributed by atoms with Gasteiger partial charge in [-0.25, -0.2) is 9.59 Å². The van der Waals surface area contributed by atoms with Crippen LogP contribution < -0.4 is 16.0 Å². The van der Waals surface area contributed by atoms with Crippen molar-refractivity contribution in [2.75, 3.05) is 12.0 Å². The van der Waals surface area contributed by atoms with Crippen molar-refractivity contribution in [1.82, 2.24) is 16.0 Å². The van der Waals surface area contributed by atoms with Crippen LogP contribution in [0.2, 0.25) is 0 Å². The Balaban J connectivity index is 1.93. The van der Waals surface area contributed by atoms with Crippen molar-refractivity contribution in [2.45, 2.75) is 83.2 Å². The standard InChI is InChI=1S/C24H37N3O5S/c1-24(2,3)32-23(30)27-20(14-15-33-4)21(28)25-18-12-8-9-13-19(18)26-22(29)31-16-17-10-6-5-7-11-17/h5-7,10-11,18-20H,8-9,12-16H2,1-4H3,(H,25,28)(H,26,29)(H,27,30). The monoisotopic (exact) mass is 479 g/mol. The molecule has 1 fully saturated rings. The normalized spacial score (nSPS) is 19.2. The number of thioether (sulfide) groups is 1. The average molecular weight is 480 g/mol. The van der Waals surface area contributed by atoms with E-state index < -0.39 is 23.8 Å². The summed E-state index contributed by atoms with van der Waals surface area (Å²) < 4.78 is 10.7. The molecule has 9 heteroatoms. The third-order valence-electron chi connectivity index (χ3n) is 5.23. The van der Waals surface area contributed by atoms with E-state index in [1.165, 1.54) is 0 Å². The van der Waals surface area contributed by atoms with Gasteiger partial charge in [-0.2, -0.15) is 11.8 Å². The first kappa shape index (κ1) is 26.8. The highest BCUT2D eigenvalue weighted by Crippen LogP contribution is 2.19. The van der Waals surface area contributed by atoms with Crippen LogP contribution in [0.3, 0.4) is 0 Å². The molecule has 1 saturated carbocycles. The number of benzene rings is 1. The van der Waals surface area contributed by atoms with E-state index in [0.29, 0.717) is 12.2 Å². The van der Waals surface area contributed by atoms with Crippen molar-refractivity contribution < 1.29 is 23.9 Å². The molecule has 0 bridgehead atoms. The molecule has 33 heavy (non-hydrogen) atoms. The minimum Gasteiger partial charge on any atom is -0.445 e. The van der Waals surface area contributed by atoms with Crippen LogP contribution in [-0.2, 0) is 20.9 Å². The van der Waals surface area contributed by atoms with Crippen LogP contribution in [0.25, 0.3) is 0 Å². The molecule has 1 aliphatic rings. The van der Waals surface area contributed by atoms with Gasteiger partial charge in [0.15, 0.2) is 0 Å². The van der Waals surface area contributed by atoms with E-state index in [1.807, 2.05) is 36.6 Å². The maximum absolute atomic E-state index is 13.0. The Morgan fingerprint density at radius 3 is 2.27 bits per heavy atom. The molecule has 1 aromatic rings. The number of alkyl carbamates (subject to hydrolysis) is 2. The predicted molar refractivity (Wildman–Crippen MR) is 130 cm³/mol. The molecule has 3 N–H and O–H groups in total. The van der Waals surface area contributed by atoms with Crippen LogP contribution in [0.5, 0.6) is 0 Å². The number of carbonyl (C=O) groups is 3. The van der Waals surface area contributed by atoms with Gasteiger partial charge in [-0.05, 0) is 57.6 Å². The Labute approximate surface area is 200 Å². The molecular weight excluding hydrogens is 442 g/mol. The van der Waals surface area contributed by atoms with E-state index in [4.69, 9.17) is 9.47 Å². The van der Waals surface area contributed by atoms with E-state index in [0.717, 1.165) is 31.2 Å². The molecule has 3 amide bonds. The highest BCUT2D eigenvalue weighted by atomic mass is 32.2. The van der Waals surface area contributed by atoms with E-state index in [1.54, 1.807) is 32.5 Å². The van der Waals surface area contributed by atoms with Gasteiger partial charge in [-0.1, -0.05) is 43.2 Å². The summed E-state index contributed by atoms with van der Waals surface area (Å²) in [6, 6.07) is 8.31. The maximum atomic E-state index is 13.0. The fourth-order valence-corrected chi connectivity index (χ4v) is 4.10. The van der Waals surface area contributed by atoms with E-state index in [-0.39, 0.29) is 24.6 Å². The van der Waals surface area contributed by atoms with Gasteiger partial charge in [-0.15, -0.1) is 0 Å². The molecule has 1 aliphatic carbocycles. The third-order valence-corrected chi connectivity index (χ3v) is 5.87. The smallest absolute Gasteiger partial charge is 0.408 e. The lowest BCUT2D eigenvalue weighted by molar-refractivity contribution is -0.124. The van der Waals surface area contributed by atoms with Crippen LogP contribution in [0.15, 0.2) is 30.3 Å². The van der Waals surface area contributed by atoms with Crippen molar-refractivity contribution in [2.24, 2.45) is 0 Å². The van der Waals surface area contributed by atoms with Crippen molar-refractivity contribution in [3.05, 3.63) is 35.9 Å². The fraction of sp³-hybridized carbons (Fsp3) is 0.625. The van der Waals surface area contributed by atoms with Crippen LogP contribution in [0.4, 0.5) is 9.59 Å². The van der Waals surface area contributed by atoms with Gasteiger partial charge < -0.3 is 25.4 Å². The number of rotatable bonds is 9.